The third kappa shape index (κ3) is 6.97. The summed E-state index contributed by atoms with van der Waals surface area (Å²) in [5, 5.41) is 0.0970. The Morgan fingerprint density at radius 3 is 2.03 bits per heavy atom. The number of benzene rings is 2. The lowest BCUT2D eigenvalue weighted by atomic mass is 10.1. The molecule has 1 aliphatic rings. The van der Waals surface area contributed by atoms with Crippen LogP contribution in [0.15, 0.2) is 96.5 Å². The Kier molecular flexibility index (Phi) is 8.16. The number of allylic oxidation sites excluding steroid dienone is 2. The zero-order valence-corrected chi connectivity index (χ0v) is 21.0. The van der Waals surface area contributed by atoms with Crippen LogP contribution in [0.1, 0.15) is 38.3 Å². The van der Waals surface area contributed by atoms with Crippen molar-refractivity contribution in [2.45, 2.75) is 64.6 Å². The van der Waals surface area contributed by atoms with E-state index in [4.69, 9.17) is 13.9 Å². The molecular weight excluding hydrogens is 412 g/mol. The van der Waals surface area contributed by atoms with Crippen LogP contribution in [0.2, 0.25) is 18.1 Å². The Balaban J connectivity index is 1.83. The number of hydrogen-bond acceptors (Lipinski definition) is 3. The first kappa shape index (κ1) is 24.1. The van der Waals surface area contributed by atoms with Gasteiger partial charge in [0.2, 0.25) is 0 Å². The van der Waals surface area contributed by atoms with E-state index in [1.54, 1.807) is 0 Å². The van der Waals surface area contributed by atoms with Crippen molar-refractivity contribution in [1.82, 2.24) is 0 Å². The monoisotopic (exact) mass is 448 g/mol. The van der Waals surface area contributed by atoms with Crippen LogP contribution < -0.4 is 0 Å². The molecule has 2 aromatic rings. The highest BCUT2D eigenvalue weighted by molar-refractivity contribution is 6.74. The predicted octanol–water partition coefficient (Wildman–Crippen LogP) is 7.54. The minimum Gasteiger partial charge on any atom is -0.541 e. The van der Waals surface area contributed by atoms with Crippen molar-refractivity contribution in [2.75, 3.05) is 0 Å². The maximum Gasteiger partial charge on any atom is 0.250 e. The van der Waals surface area contributed by atoms with E-state index in [1.807, 2.05) is 42.5 Å². The highest BCUT2D eigenvalue weighted by atomic mass is 28.4. The molecule has 170 valence electrons. The number of rotatable bonds is 8. The zero-order chi connectivity index (χ0) is 23.0. The molecule has 0 N–H and O–H groups in total. The topological polar surface area (TPSA) is 27.7 Å². The summed E-state index contributed by atoms with van der Waals surface area (Å²) >= 11 is 0. The molecular formula is C28H36O3Si. The van der Waals surface area contributed by atoms with Gasteiger partial charge in [0, 0.05) is 0 Å². The van der Waals surface area contributed by atoms with Gasteiger partial charge in [0.15, 0.2) is 5.76 Å². The molecule has 0 heterocycles. The summed E-state index contributed by atoms with van der Waals surface area (Å²) in [6.07, 6.45) is 8.99. The SMILES string of the molecule is CC(C)(C)[Si](C)(C)OC1=C/C/C=C\[C@H](OCc2ccccc2)/C=C\1OCc1ccccc1. The third-order valence-corrected chi connectivity index (χ3v) is 10.4. The third-order valence-electron chi connectivity index (χ3n) is 6.02. The molecule has 0 saturated heterocycles. The van der Waals surface area contributed by atoms with Crippen LogP contribution >= 0.6 is 0 Å². The summed E-state index contributed by atoms with van der Waals surface area (Å²) in [7, 11) is -2.03. The minimum atomic E-state index is -2.03. The van der Waals surface area contributed by atoms with Gasteiger partial charge in [-0.15, -0.1) is 0 Å². The van der Waals surface area contributed by atoms with Crippen molar-refractivity contribution < 1.29 is 13.9 Å². The van der Waals surface area contributed by atoms with E-state index in [-0.39, 0.29) is 11.1 Å². The van der Waals surface area contributed by atoms with Gasteiger partial charge >= 0.3 is 0 Å². The van der Waals surface area contributed by atoms with Crippen molar-refractivity contribution in [3.63, 3.8) is 0 Å². The quantitative estimate of drug-likeness (QED) is 0.308. The molecule has 3 rings (SSSR count). The summed E-state index contributed by atoms with van der Waals surface area (Å²) in [6, 6.07) is 20.5. The second-order valence-corrected chi connectivity index (χ2v) is 14.4. The first-order valence-corrected chi connectivity index (χ1v) is 14.3. The van der Waals surface area contributed by atoms with E-state index in [9.17, 15) is 0 Å². The van der Waals surface area contributed by atoms with Gasteiger partial charge in [-0.3, -0.25) is 0 Å². The largest absolute Gasteiger partial charge is 0.541 e. The standard InChI is InChI=1S/C28H36O3Si/c1-28(2,3)32(4,5)31-26-19-13-12-18-25(29-21-23-14-8-6-9-15-23)20-27(26)30-22-24-16-10-7-11-17-24/h6-12,14-20,25H,13,21-22H2,1-5H3/b18-12-,26-19+,27-20+/t25-/m0/s1. The fraction of sp³-hybridized carbons (Fsp3) is 0.357. The van der Waals surface area contributed by atoms with Crippen molar-refractivity contribution in [2.24, 2.45) is 0 Å². The molecule has 0 amide bonds. The van der Waals surface area contributed by atoms with Crippen LogP contribution in [0.5, 0.6) is 0 Å². The van der Waals surface area contributed by atoms with Crippen LogP contribution in [-0.4, -0.2) is 14.4 Å². The van der Waals surface area contributed by atoms with Gasteiger partial charge in [-0.1, -0.05) is 93.6 Å². The van der Waals surface area contributed by atoms with Crippen LogP contribution in [0.3, 0.4) is 0 Å². The predicted molar refractivity (Wildman–Crippen MR) is 134 cm³/mol. The Labute approximate surface area is 194 Å². The van der Waals surface area contributed by atoms with Crippen LogP contribution in [0, 0.1) is 0 Å². The summed E-state index contributed by atoms with van der Waals surface area (Å²) in [5.74, 6) is 1.58. The van der Waals surface area contributed by atoms with E-state index >= 15 is 0 Å². The minimum absolute atomic E-state index is 0.0970. The van der Waals surface area contributed by atoms with E-state index in [0.29, 0.717) is 13.2 Å². The van der Waals surface area contributed by atoms with E-state index in [0.717, 1.165) is 29.1 Å². The van der Waals surface area contributed by atoms with Gasteiger partial charge < -0.3 is 13.9 Å². The lowest BCUT2D eigenvalue weighted by Gasteiger charge is -2.37. The van der Waals surface area contributed by atoms with Crippen molar-refractivity contribution in [3.05, 3.63) is 108 Å². The molecule has 0 unspecified atom stereocenters. The molecule has 2 aromatic carbocycles. The fourth-order valence-electron chi connectivity index (χ4n) is 3.02. The molecule has 0 fully saturated rings. The van der Waals surface area contributed by atoms with Gasteiger partial charge in [-0.05, 0) is 47.8 Å². The smallest absolute Gasteiger partial charge is 0.250 e. The molecule has 0 aromatic heterocycles. The van der Waals surface area contributed by atoms with Crippen molar-refractivity contribution in [3.8, 4) is 0 Å². The molecule has 0 saturated carbocycles. The first-order valence-electron chi connectivity index (χ1n) is 11.3. The van der Waals surface area contributed by atoms with Gasteiger partial charge in [-0.2, -0.15) is 0 Å². The van der Waals surface area contributed by atoms with Crippen molar-refractivity contribution in [1.29, 1.82) is 0 Å². The summed E-state index contributed by atoms with van der Waals surface area (Å²) in [6.45, 7) is 12.3. The van der Waals surface area contributed by atoms with Gasteiger partial charge in [-0.25, -0.2) is 0 Å². The maximum absolute atomic E-state index is 6.71. The summed E-state index contributed by atoms with van der Waals surface area (Å²) < 4.78 is 19.3. The van der Waals surface area contributed by atoms with Gasteiger partial charge in [0.25, 0.3) is 8.32 Å². The summed E-state index contributed by atoms with van der Waals surface area (Å²) in [4.78, 5) is 0. The van der Waals surface area contributed by atoms with E-state index in [2.05, 4.69) is 76.4 Å². The fourth-order valence-corrected chi connectivity index (χ4v) is 4.06. The average Bonchev–Trinajstić information content (AvgIpc) is 2.75. The number of hydrogen-bond donors (Lipinski definition) is 0. The number of ether oxygens (including phenoxy) is 2. The second kappa shape index (κ2) is 10.8. The highest BCUT2D eigenvalue weighted by Crippen LogP contribution is 2.39. The molecule has 3 nitrogen and oxygen atoms in total. The van der Waals surface area contributed by atoms with E-state index in [1.165, 1.54) is 0 Å². The average molecular weight is 449 g/mol. The van der Waals surface area contributed by atoms with Crippen LogP contribution in [0.25, 0.3) is 0 Å². The van der Waals surface area contributed by atoms with E-state index < -0.39 is 8.32 Å². The van der Waals surface area contributed by atoms with Crippen LogP contribution in [0.4, 0.5) is 0 Å². The molecule has 1 atom stereocenters. The highest BCUT2D eigenvalue weighted by Gasteiger charge is 2.40. The zero-order valence-electron chi connectivity index (χ0n) is 20.0. The molecule has 32 heavy (non-hydrogen) atoms. The second-order valence-electron chi connectivity index (χ2n) is 9.66. The van der Waals surface area contributed by atoms with Crippen LogP contribution in [-0.2, 0) is 27.1 Å². The molecule has 1 aliphatic carbocycles. The summed E-state index contributed by atoms with van der Waals surface area (Å²) in [5.41, 5.74) is 2.27. The maximum atomic E-state index is 6.71. The Morgan fingerprint density at radius 1 is 0.844 bits per heavy atom. The Bertz CT molecular complexity index is 938. The lowest BCUT2D eigenvalue weighted by Crippen LogP contribution is -2.40. The molecule has 0 spiro atoms. The molecule has 0 radical (unpaired) electrons. The molecule has 0 bridgehead atoms. The lowest BCUT2D eigenvalue weighted by molar-refractivity contribution is 0.0946. The Morgan fingerprint density at radius 2 is 1.44 bits per heavy atom. The molecule has 0 aliphatic heterocycles. The van der Waals surface area contributed by atoms with Crippen molar-refractivity contribution >= 4 is 8.32 Å². The van der Waals surface area contributed by atoms with Gasteiger partial charge in [0.1, 0.15) is 12.4 Å². The normalized spacial score (nSPS) is 21.3. The van der Waals surface area contributed by atoms with Gasteiger partial charge in [0.05, 0.1) is 12.7 Å². The molecule has 4 heteroatoms. The first-order chi connectivity index (χ1) is 15.2. The Hall–Kier alpha value is -2.56.